The van der Waals surface area contributed by atoms with Gasteiger partial charge < -0.3 is 9.47 Å². The van der Waals surface area contributed by atoms with E-state index in [-0.39, 0.29) is 22.4 Å². The van der Waals surface area contributed by atoms with Gasteiger partial charge in [0.1, 0.15) is 4.90 Å². The molecule has 1 aromatic heterocycles. The van der Waals surface area contributed by atoms with Crippen molar-refractivity contribution in [3.8, 4) is 11.5 Å². The van der Waals surface area contributed by atoms with Gasteiger partial charge in [-0.2, -0.15) is 0 Å². The molecule has 21 heavy (non-hydrogen) atoms. The summed E-state index contributed by atoms with van der Waals surface area (Å²) in [7, 11) is -3.71. The SMILES string of the molecule is Cc1sc(Br)cc1S(=O)(=O)Nc1cc2c(cc1Cl)OCO2. The van der Waals surface area contributed by atoms with Crippen LogP contribution in [0, 0.1) is 6.92 Å². The molecule has 0 spiro atoms. The van der Waals surface area contributed by atoms with Gasteiger partial charge in [-0.3, -0.25) is 4.72 Å². The van der Waals surface area contributed by atoms with Crippen LogP contribution >= 0.6 is 38.9 Å². The van der Waals surface area contributed by atoms with E-state index in [9.17, 15) is 8.42 Å². The Bertz CT molecular complexity index is 819. The van der Waals surface area contributed by atoms with Crippen molar-refractivity contribution in [3.05, 3.63) is 31.9 Å². The van der Waals surface area contributed by atoms with Crippen molar-refractivity contribution in [1.29, 1.82) is 0 Å². The number of sulfonamides is 1. The number of fused-ring (bicyclic) bond motifs is 1. The largest absolute Gasteiger partial charge is 0.454 e. The predicted molar refractivity (Wildman–Crippen MR) is 85.1 cm³/mol. The summed E-state index contributed by atoms with van der Waals surface area (Å²) in [5.41, 5.74) is 0.252. The fraction of sp³-hybridized carbons (Fsp3) is 0.167. The van der Waals surface area contributed by atoms with Crippen LogP contribution in [-0.4, -0.2) is 15.2 Å². The Morgan fingerprint density at radius 2 is 1.95 bits per heavy atom. The molecule has 2 heterocycles. The monoisotopic (exact) mass is 409 g/mol. The molecule has 0 radical (unpaired) electrons. The molecule has 0 fully saturated rings. The van der Waals surface area contributed by atoms with E-state index in [4.69, 9.17) is 21.1 Å². The summed E-state index contributed by atoms with van der Waals surface area (Å²) in [6.45, 7) is 1.84. The van der Waals surface area contributed by atoms with Crippen LogP contribution in [0.25, 0.3) is 0 Å². The molecular formula is C12H9BrClNO4S2. The van der Waals surface area contributed by atoms with Crippen LogP contribution < -0.4 is 14.2 Å². The lowest BCUT2D eigenvalue weighted by molar-refractivity contribution is 0.174. The topological polar surface area (TPSA) is 64.6 Å². The van der Waals surface area contributed by atoms with Gasteiger partial charge in [0.15, 0.2) is 11.5 Å². The first-order chi connectivity index (χ1) is 9.87. The van der Waals surface area contributed by atoms with Crippen molar-refractivity contribution in [2.45, 2.75) is 11.8 Å². The van der Waals surface area contributed by atoms with Crippen LogP contribution in [-0.2, 0) is 10.0 Å². The maximum atomic E-state index is 12.4. The van der Waals surface area contributed by atoms with Crippen LogP contribution in [0.1, 0.15) is 4.88 Å². The molecule has 0 amide bonds. The highest BCUT2D eigenvalue weighted by molar-refractivity contribution is 9.11. The molecule has 0 saturated heterocycles. The van der Waals surface area contributed by atoms with Crippen molar-refractivity contribution in [2.75, 3.05) is 11.5 Å². The van der Waals surface area contributed by atoms with Crippen LogP contribution in [0.5, 0.6) is 11.5 Å². The fourth-order valence-electron chi connectivity index (χ4n) is 1.89. The van der Waals surface area contributed by atoms with Gasteiger partial charge in [0.05, 0.1) is 14.5 Å². The van der Waals surface area contributed by atoms with E-state index in [0.29, 0.717) is 16.4 Å². The number of thiophene rings is 1. The fourth-order valence-corrected chi connectivity index (χ4v) is 5.64. The average molecular weight is 411 g/mol. The average Bonchev–Trinajstić information content (AvgIpc) is 2.95. The van der Waals surface area contributed by atoms with Gasteiger partial charge in [-0.05, 0) is 28.9 Å². The second-order valence-electron chi connectivity index (χ2n) is 4.26. The van der Waals surface area contributed by atoms with E-state index >= 15 is 0 Å². The number of ether oxygens (including phenoxy) is 2. The van der Waals surface area contributed by atoms with Gasteiger partial charge in [0, 0.05) is 17.0 Å². The van der Waals surface area contributed by atoms with Crippen LogP contribution in [0.15, 0.2) is 26.9 Å². The molecule has 0 saturated carbocycles. The number of hydrogen-bond acceptors (Lipinski definition) is 5. The van der Waals surface area contributed by atoms with Gasteiger partial charge >= 0.3 is 0 Å². The zero-order chi connectivity index (χ0) is 15.2. The number of hydrogen-bond donors (Lipinski definition) is 1. The Kier molecular flexibility index (Phi) is 3.81. The van der Waals surface area contributed by atoms with E-state index in [1.54, 1.807) is 13.0 Å². The molecule has 5 nitrogen and oxygen atoms in total. The summed E-state index contributed by atoms with van der Waals surface area (Å²) in [6, 6.07) is 4.60. The van der Waals surface area contributed by atoms with Crippen molar-refractivity contribution in [2.24, 2.45) is 0 Å². The molecule has 3 rings (SSSR count). The third-order valence-corrected chi connectivity index (χ3v) is 6.33. The summed E-state index contributed by atoms with van der Waals surface area (Å²) in [6.07, 6.45) is 0. The molecule has 1 aromatic carbocycles. The summed E-state index contributed by atoms with van der Waals surface area (Å²) >= 11 is 10.7. The minimum absolute atomic E-state index is 0.0957. The molecule has 0 atom stereocenters. The lowest BCUT2D eigenvalue weighted by atomic mass is 10.3. The van der Waals surface area contributed by atoms with Gasteiger partial charge in [-0.15, -0.1) is 11.3 Å². The standard InChI is InChI=1S/C12H9BrClNO4S2/c1-6-11(4-12(13)20-6)21(16,17)15-8-3-10-9(2-7(8)14)18-5-19-10/h2-4,15H,5H2,1H3. The number of anilines is 1. The van der Waals surface area contributed by atoms with E-state index in [1.165, 1.54) is 23.5 Å². The highest BCUT2D eigenvalue weighted by Gasteiger charge is 2.23. The minimum atomic E-state index is -3.71. The van der Waals surface area contributed by atoms with E-state index in [2.05, 4.69) is 20.7 Å². The second-order valence-corrected chi connectivity index (χ2v) is 8.96. The summed E-state index contributed by atoms with van der Waals surface area (Å²) in [5.74, 6) is 0.956. The van der Waals surface area contributed by atoms with Gasteiger partial charge in [0.25, 0.3) is 10.0 Å². The van der Waals surface area contributed by atoms with E-state index in [0.717, 1.165) is 3.79 Å². The molecule has 0 unspecified atom stereocenters. The van der Waals surface area contributed by atoms with E-state index in [1.807, 2.05) is 0 Å². The van der Waals surface area contributed by atoms with Gasteiger partial charge in [0.2, 0.25) is 6.79 Å². The zero-order valence-corrected chi connectivity index (χ0v) is 14.6. The number of rotatable bonds is 3. The molecule has 0 bridgehead atoms. The Labute approximate surface area is 139 Å². The quantitative estimate of drug-likeness (QED) is 0.830. The van der Waals surface area contributed by atoms with Crippen LogP contribution in [0.4, 0.5) is 5.69 Å². The van der Waals surface area contributed by atoms with Gasteiger partial charge in [-0.1, -0.05) is 11.6 Å². The first-order valence-electron chi connectivity index (χ1n) is 5.75. The number of nitrogens with one attached hydrogen (secondary N) is 1. The van der Waals surface area contributed by atoms with E-state index < -0.39 is 10.0 Å². The second kappa shape index (κ2) is 5.35. The molecule has 1 aliphatic heterocycles. The minimum Gasteiger partial charge on any atom is -0.454 e. The highest BCUT2D eigenvalue weighted by Crippen LogP contribution is 2.40. The Morgan fingerprint density at radius 3 is 2.57 bits per heavy atom. The van der Waals surface area contributed by atoms with Crippen LogP contribution in [0.2, 0.25) is 5.02 Å². The summed E-state index contributed by atoms with van der Waals surface area (Å²) < 4.78 is 38.5. The van der Waals surface area contributed by atoms with Crippen molar-refractivity contribution in [1.82, 2.24) is 0 Å². The summed E-state index contributed by atoms with van der Waals surface area (Å²) in [4.78, 5) is 0.902. The molecule has 1 N–H and O–H groups in total. The predicted octanol–water partition coefficient (Wildman–Crippen LogP) is 4.00. The lowest BCUT2D eigenvalue weighted by Crippen LogP contribution is -2.13. The maximum Gasteiger partial charge on any atom is 0.263 e. The third kappa shape index (κ3) is 2.85. The van der Waals surface area contributed by atoms with Crippen LogP contribution in [0.3, 0.4) is 0 Å². The first kappa shape index (κ1) is 15.0. The zero-order valence-electron chi connectivity index (χ0n) is 10.6. The van der Waals surface area contributed by atoms with Crippen molar-refractivity contribution in [3.63, 3.8) is 0 Å². The highest BCUT2D eigenvalue weighted by atomic mass is 79.9. The molecule has 9 heteroatoms. The van der Waals surface area contributed by atoms with Gasteiger partial charge in [-0.25, -0.2) is 8.42 Å². The normalized spacial score (nSPS) is 13.5. The number of benzene rings is 1. The first-order valence-corrected chi connectivity index (χ1v) is 9.22. The Hall–Kier alpha value is -0.960. The molecule has 2 aromatic rings. The molecule has 0 aliphatic carbocycles. The number of halogens is 2. The molecule has 1 aliphatic rings. The Balaban J connectivity index is 1.98. The lowest BCUT2D eigenvalue weighted by Gasteiger charge is -2.10. The summed E-state index contributed by atoms with van der Waals surface area (Å²) in [5, 5.41) is 0.245. The van der Waals surface area contributed by atoms with Crippen molar-refractivity contribution >= 4 is 54.6 Å². The smallest absolute Gasteiger partial charge is 0.263 e. The maximum absolute atomic E-state index is 12.4. The Morgan fingerprint density at radius 1 is 1.29 bits per heavy atom. The third-order valence-electron chi connectivity index (χ3n) is 2.84. The molecular weight excluding hydrogens is 402 g/mol. The molecule has 112 valence electrons. The van der Waals surface area contributed by atoms with Crippen molar-refractivity contribution < 1.29 is 17.9 Å². The number of aryl methyl sites for hydroxylation is 1.